The zero-order valence-corrected chi connectivity index (χ0v) is 9.87. The minimum atomic E-state index is 0.490. The first-order valence-corrected chi connectivity index (χ1v) is 5.52. The van der Waals surface area contributed by atoms with Crippen molar-refractivity contribution in [1.29, 1.82) is 0 Å². The molecule has 0 spiro atoms. The number of nitrogens with zero attached hydrogens (tertiary/aromatic N) is 3. The zero-order chi connectivity index (χ0) is 12.5. The van der Waals surface area contributed by atoms with Crippen LogP contribution >= 0.6 is 0 Å². The fourth-order valence-electron chi connectivity index (χ4n) is 1.80. The second-order valence-electron chi connectivity index (χ2n) is 3.91. The fraction of sp³-hybridized carbons (Fsp3) is 0.0769. The molecular formula is C13H12N4O. The highest BCUT2D eigenvalue weighted by Gasteiger charge is 2.05. The molecule has 0 aliphatic rings. The lowest BCUT2D eigenvalue weighted by atomic mass is 10.1. The van der Waals surface area contributed by atoms with E-state index < -0.39 is 0 Å². The number of benzene rings is 1. The molecule has 0 radical (unpaired) electrons. The predicted octanol–water partition coefficient (Wildman–Crippen LogP) is 1.99. The smallest absolute Gasteiger partial charge is 0.157 e. The Morgan fingerprint density at radius 2 is 1.94 bits per heavy atom. The second kappa shape index (κ2) is 4.03. The molecule has 3 aromatic rings. The van der Waals surface area contributed by atoms with Crippen molar-refractivity contribution in [2.75, 3.05) is 12.8 Å². The summed E-state index contributed by atoms with van der Waals surface area (Å²) in [6.45, 7) is 0. The van der Waals surface area contributed by atoms with Crippen molar-refractivity contribution in [3.63, 3.8) is 0 Å². The Hall–Kier alpha value is -2.56. The van der Waals surface area contributed by atoms with Gasteiger partial charge in [-0.1, -0.05) is 0 Å². The molecule has 5 heteroatoms. The lowest BCUT2D eigenvalue weighted by Crippen LogP contribution is -1.94. The molecule has 0 saturated heterocycles. The van der Waals surface area contributed by atoms with E-state index in [1.54, 1.807) is 23.9 Å². The molecule has 90 valence electrons. The van der Waals surface area contributed by atoms with Gasteiger partial charge in [0.05, 0.1) is 12.8 Å². The van der Waals surface area contributed by atoms with E-state index >= 15 is 0 Å². The van der Waals surface area contributed by atoms with Crippen molar-refractivity contribution < 1.29 is 4.74 Å². The Morgan fingerprint density at radius 1 is 1.17 bits per heavy atom. The molecule has 2 N–H and O–H groups in total. The summed E-state index contributed by atoms with van der Waals surface area (Å²) in [6.07, 6.45) is 1.80. The minimum absolute atomic E-state index is 0.490. The maximum Gasteiger partial charge on any atom is 0.157 e. The number of ether oxygens (including phenoxy) is 1. The molecule has 18 heavy (non-hydrogen) atoms. The summed E-state index contributed by atoms with van der Waals surface area (Å²) in [5, 5.41) is 4.44. The summed E-state index contributed by atoms with van der Waals surface area (Å²) in [5.74, 6) is 1.31. The molecule has 2 aromatic heterocycles. The standard InChI is InChI=1S/C13H12N4O/c1-18-10-4-2-9(3-5-10)11-8-13-15-12(14)6-7-17(13)16-11/h2-8H,1H3,(H2,14,15). The Kier molecular flexibility index (Phi) is 2.37. The first-order valence-electron chi connectivity index (χ1n) is 5.52. The average Bonchev–Trinajstić information content (AvgIpc) is 2.81. The summed E-state index contributed by atoms with van der Waals surface area (Å²) in [5.41, 5.74) is 8.25. The number of hydrogen-bond donors (Lipinski definition) is 1. The van der Waals surface area contributed by atoms with Crippen molar-refractivity contribution >= 4 is 11.5 Å². The predicted molar refractivity (Wildman–Crippen MR) is 69.4 cm³/mol. The van der Waals surface area contributed by atoms with Crippen molar-refractivity contribution in [3.8, 4) is 17.0 Å². The van der Waals surface area contributed by atoms with Crippen molar-refractivity contribution in [1.82, 2.24) is 14.6 Å². The number of anilines is 1. The van der Waals surface area contributed by atoms with Crippen LogP contribution in [0.3, 0.4) is 0 Å². The van der Waals surface area contributed by atoms with Crippen molar-refractivity contribution in [2.45, 2.75) is 0 Å². The fourth-order valence-corrected chi connectivity index (χ4v) is 1.80. The van der Waals surface area contributed by atoms with Gasteiger partial charge in [0, 0.05) is 17.8 Å². The summed E-state index contributed by atoms with van der Waals surface area (Å²) in [6, 6.07) is 11.4. The normalized spacial score (nSPS) is 10.7. The van der Waals surface area contributed by atoms with Gasteiger partial charge < -0.3 is 10.5 Å². The highest BCUT2D eigenvalue weighted by Crippen LogP contribution is 2.22. The summed E-state index contributed by atoms with van der Waals surface area (Å²) < 4.78 is 6.83. The molecule has 3 rings (SSSR count). The van der Waals surface area contributed by atoms with Crippen LogP contribution in [-0.2, 0) is 0 Å². The van der Waals surface area contributed by atoms with Gasteiger partial charge in [0.15, 0.2) is 5.65 Å². The van der Waals surface area contributed by atoms with Gasteiger partial charge in [0.1, 0.15) is 11.6 Å². The molecule has 5 nitrogen and oxygen atoms in total. The van der Waals surface area contributed by atoms with Crippen LogP contribution in [0.25, 0.3) is 16.9 Å². The first kappa shape index (κ1) is 10.6. The van der Waals surface area contributed by atoms with Gasteiger partial charge in [-0.2, -0.15) is 5.10 Å². The molecule has 0 aliphatic carbocycles. The van der Waals surface area contributed by atoms with E-state index in [-0.39, 0.29) is 0 Å². The van der Waals surface area contributed by atoms with Crippen molar-refractivity contribution in [2.24, 2.45) is 0 Å². The van der Waals surface area contributed by atoms with Crippen LogP contribution in [0.1, 0.15) is 0 Å². The van der Waals surface area contributed by atoms with Crippen LogP contribution in [0, 0.1) is 0 Å². The number of nitrogens with two attached hydrogens (primary N) is 1. The summed E-state index contributed by atoms with van der Waals surface area (Å²) in [4.78, 5) is 4.21. The number of nitrogen functional groups attached to an aromatic ring is 1. The highest BCUT2D eigenvalue weighted by molar-refractivity contribution is 5.65. The van der Waals surface area contributed by atoms with Crippen LogP contribution in [0.2, 0.25) is 0 Å². The number of aromatic nitrogens is 3. The number of hydrogen-bond acceptors (Lipinski definition) is 4. The molecule has 0 bridgehead atoms. The van der Waals surface area contributed by atoms with Crippen LogP contribution in [0.5, 0.6) is 5.75 Å². The monoisotopic (exact) mass is 240 g/mol. The highest BCUT2D eigenvalue weighted by atomic mass is 16.5. The molecular weight excluding hydrogens is 228 g/mol. The molecule has 0 saturated carbocycles. The number of rotatable bonds is 2. The molecule has 0 aliphatic heterocycles. The maximum absolute atomic E-state index is 5.64. The van der Waals surface area contributed by atoms with E-state index in [1.807, 2.05) is 30.3 Å². The second-order valence-corrected chi connectivity index (χ2v) is 3.91. The van der Waals surface area contributed by atoms with Crippen LogP contribution in [0.15, 0.2) is 42.6 Å². The van der Waals surface area contributed by atoms with E-state index in [4.69, 9.17) is 10.5 Å². The number of methoxy groups -OCH3 is 1. The van der Waals surface area contributed by atoms with Gasteiger partial charge in [-0.15, -0.1) is 0 Å². The topological polar surface area (TPSA) is 65.4 Å². The molecule has 0 unspecified atom stereocenters. The van der Waals surface area contributed by atoms with Crippen LogP contribution in [0.4, 0.5) is 5.82 Å². The third kappa shape index (κ3) is 1.75. The Balaban J connectivity index is 2.07. The Morgan fingerprint density at radius 3 is 2.67 bits per heavy atom. The number of fused-ring (bicyclic) bond motifs is 1. The molecule has 0 fully saturated rings. The van der Waals surface area contributed by atoms with Gasteiger partial charge in [-0.05, 0) is 30.3 Å². The van der Waals surface area contributed by atoms with Gasteiger partial charge >= 0.3 is 0 Å². The minimum Gasteiger partial charge on any atom is -0.497 e. The largest absolute Gasteiger partial charge is 0.497 e. The summed E-state index contributed by atoms with van der Waals surface area (Å²) >= 11 is 0. The van der Waals surface area contributed by atoms with Crippen LogP contribution in [-0.4, -0.2) is 21.7 Å². The Bertz CT molecular complexity index is 688. The van der Waals surface area contributed by atoms with E-state index in [0.717, 1.165) is 22.7 Å². The first-order chi connectivity index (χ1) is 8.76. The van der Waals surface area contributed by atoms with Crippen molar-refractivity contribution in [3.05, 3.63) is 42.6 Å². The van der Waals surface area contributed by atoms with Gasteiger partial charge in [0.2, 0.25) is 0 Å². The zero-order valence-electron chi connectivity index (χ0n) is 9.87. The van der Waals surface area contributed by atoms with E-state index in [1.165, 1.54) is 0 Å². The quantitative estimate of drug-likeness (QED) is 0.744. The maximum atomic E-state index is 5.64. The molecule has 0 amide bonds. The molecule has 0 atom stereocenters. The average molecular weight is 240 g/mol. The van der Waals surface area contributed by atoms with Gasteiger partial charge in [0.25, 0.3) is 0 Å². The van der Waals surface area contributed by atoms with E-state index in [2.05, 4.69) is 10.1 Å². The van der Waals surface area contributed by atoms with E-state index in [0.29, 0.717) is 5.82 Å². The van der Waals surface area contributed by atoms with E-state index in [9.17, 15) is 0 Å². The SMILES string of the molecule is COc1ccc(-c2cc3nc(N)ccn3n2)cc1. The molecule has 2 heterocycles. The van der Waals surface area contributed by atoms with Gasteiger partial charge in [-0.3, -0.25) is 0 Å². The van der Waals surface area contributed by atoms with Crippen LogP contribution < -0.4 is 10.5 Å². The third-order valence-corrected chi connectivity index (χ3v) is 2.73. The lowest BCUT2D eigenvalue weighted by Gasteiger charge is -1.99. The summed E-state index contributed by atoms with van der Waals surface area (Å²) in [7, 11) is 1.65. The lowest BCUT2D eigenvalue weighted by molar-refractivity contribution is 0.415. The Labute approximate surface area is 104 Å². The molecule has 1 aromatic carbocycles. The van der Waals surface area contributed by atoms with Gasteiger partial charge in [-0.25, -0.2) is 9.50 Å². The third-order valence-electron chi connectivity index (χ3n) is 2.73.